The van der Waals surface area contributed by atoms with Crippen LogP contribution >= 0.6 is 0 Å². The molecule has 1 amide bonds. The van der Waals surface area contributed by atoms with Crippen LogP contribution < -0.4 is 5.73 Å². The number of carbonyl (C=O) groups excluding carboxylic acids is 1. The molecule has 1 saturated carbocycles. The molecule has 3 nitrogen and oxygen atoms in total. The van der Waals surface area contributed by atoms with Gasteiger partial charge in [0.05, 0.1) is 0 Å². The van der Waals surface area contributed by atoms with Crippen molar-refractivity contribution in [1.29, 1.82) is 0 Å². The molecule has 0 aliphatic heterocycles. The topological polar surface area (TPSA) is 46.3 Å². The number of unbranched alkanes of at least 4 members (excludes halogenated alkanes) is 1. The number of nitrogens with two attached hydrogens (primary N) is 1. The summed E-state index contributed by atoms with van der Waals surface area (Å²) in [6.07, 6.45) is 8.67. The van der Waals surface area contributed by atoms with E-state index in [-0.39, 0.29) is 5.92 Å². The standard InChI is InChI=1S/C16H32N2O/c1-4-5-6-14-7-9-15(10-8-14)16(19)18(3)12-13(2)11-17/h13-15H,4-12,17H2,1-3H3. The lowest BCUT2D eigenvalue weighted by Gasteiger charge is -2.31. The lowest BCUT2D eigenvalue weighted by atomic mass is 9.79. The van der Waals surface area contributed by atoms with Crippen molar-refractivity contribution in [3.8, 4) is 0 Å². The molecule has 0 bridgehead atoms. The number of rotatable bonds is 7. The summed E-state index contributed by atoms with van der Waals surface area (Å²) in [4.78, 5) is 14.3. The lowest BCUT2D eigenvalue weighted by molar-refractivity contribution is -0.136. The van der Waals surface area contributed by atoms with Crippen LogP contribution in [0.2, 0.25) is 0 Å². The predicted molar refractivity (Wildman–Crippen MR) is 80.8 cm³/mol. The Morgan fingerprint density at radius 2 is 1.95 bits per heavy atom. The van der Waals surface area contributed by atoms with E-state index in [2.05, 4.69) is 13.8 Å². The van der Waals surface area contributed by atoms with E-state index < -0.39 is 0 Å². The van der Waals surface area contributed by atoms with E-state index in [1.807, 2.05) is 11.9 Å². The maximum Gasteiger partial charge on any atom is 0.225 e. The van der Waals surface area contributed by atoms with Crippen molar-refractivity contribution < 1.29 is 4.79 Å². The Bertz CT molecular complexity index is 259. The Kier molecular flexibility index (Phi) is 7.44. The Morgan fingerprint density at radius 3 is 2.47 bits per heavy atom. The second kappa shape index (κ2) is 8.57. The molecule has 0 aromatic carbocycles. The molecule has 2 N–H and O–H groups in total. The van der Waals surface area contributed by atoms with Gasteiger partial charge < -0.3 is 10.6 Å². The Morgan fingerprint density at radius 1 is 1.32 bits per heavy atom. The third-order valence-corrected chi connectivity index (χ3v) is 4.53. The minimum atomic E-state index is 0.271. The zero-order valence-corrected chi connectivity index (χ0v) is 13.0. The molecule has 19 heavy (non-hydrogen) atoms. The quantitative estimate of drug-likeness (QED) is 0.771. The van der Waals surface area contributed by atoms with E-state index in [0.717, 1.165) is 25.3 Å². The fraction of sp³-hybridized carbons (Fsp3) is 0.938. The van der Waals surface area contributed by atoms with Crippen molar-refractivity contribution in [2.75, 3.05) is 20.1 Å². The van der Waals surface area contributed by atoms with E-state index >= 15 is 0 Å². The summed E-state index contributed by atoms with van der Waals surface area (Å²) >= 11 is 0. The van der Waals surface area contributed by atoms with Crippen molar-refractivity contribution in [2.45, 2.75) is 58.8 Å². The molecule has 1 aliphatic rings. The van der Waals surface area contributed by atoms with Crippen molar-refractivity contribution in [2.24, 2.45) is 23.5 Å². The molecule has 1 fully saturated rings. The van der Waals surface area contributed by atoms with E-state index in [9.17, 15) is 4.79 Å². The number of hydrogen-bond acceptors (Lipinski definition) is 2. The molecule has 0 spiro atoms. The molecule has 0 saturated heterocycles. The number of amides is 1. The second-order valence-corrected chi connectivity index (χ2v) is 6.42. The van der Waals surface area contributed by atoms with Gasteiger partial charge in [-0.05, 0) is 44.1 Å². The first-order valence-corrected chi connectivity index (χ1v) is 8.03. The summed E-state index contributed by atoms with van der Waals surface area (Å²) in [5.41, 5.74) is 5.63. The van der Waals surface area contributed by atoms with Gasteiger partial charge in [0, 0.05) is 19.5 Å². The van der Waals surface area contributed by atoms with Crippen LogP contribution in [0.3, 0.4) is 0 Å². The summed E-state index contributed by atoms with van der Waals surface area (Å²) in [5, 5.41) is 0. The first-order valence-electron chi connectivity index (χ1n) is 8.03. The number of hydrogen-bond donors (Lipinski definition) is 1. The maximum atomic E-state index is 12.4. The van der Waals surface area contributed by atoms with Crippen molar-refractivity contribution in [3.05, 3.63) is 0 Å². The fourth-order valence-electron chi connectivity index (χ4n) is 3.13. The Labute approximate surface area is 118 Å². The number of carbonyl (C=O) groups is 1. The molecule has 1 unspecified atom stereocenters. The SMILES string of the molecule is CCCCC1CCC(C(=O)N(C)CC(C)CN)CC1. The van der Waals surface area contributed by atoms with Gasteiger partial charge in [0.2, 0.25) is 5.91 Å². The van der Waals surface area contributed by atoms with Gasteiger partial charge in [0.1, 0.15) is 0 Å². The largest absolute Gasteiger partial charge is 0.345 e. The zero-order valence-electron chi connectivity index (χ0n) is 13.0. The Hall–Kier alpha value is -0.570. The van der Waals surface area contributed by atoms with Gasteiger partial charge in [-0.2, -0.15) is 0 Å². The third-order valence-electron chi connectivity index (χ3n) is 4.53. The highest BCUT2D eigenvalue weighted by Gasteiger charge is 2.28. The molecule has 1 aliphatic carbocycles. The van der Waals surface area contributed by atoms with Crippen LogP contribution in [0.25, 0.3) is 0 Å². The fourth-order valence-corrected chi connectivity index (χ4v) is 3.13. The van der Waals surface area contributed by atoms with Crippen molar-refractivity contribution >= 4 is 5.91 Å². The molecule has 112 valence electrons. The van der Waals surface area contributed by atoms with Gasteiger partial charge in [0.15, 0.2) is 0 Å². The first-order chi connectivity index (χ1) is 9.08. The molecule has 0 radical (unpaired) electrons. The average Bonchev–Trinajstić information content (AvgIpc) is 2.44. The normalized spacial score (nSPS) is 25.1. The highest BCUT2D eigenvalue weighted by molar-refractivity contribution is 5.78. The molecular weight excluding hydrogens is 236 g/mol. The molecule has 0 aromatic rings. The summed E-state index contributed by atoms with van der Waals surface area (Å²) < 4.78 is 0. The van der Waals surface area contributed by atoms with Crippen LogP contribution in [-0.4, -0.2) is 30.9 Å². The van der Waals surface area contributed by atoms with Crippen LogP contribution in [0.1, 0.15) is 58.8 Å². The monoisotopic (exact) mass is 268 g/mol. The van der Waals surface area contributed by atoms with Crippen molar-refractivity contribution in [1.82, 2.24) is 4.90 Å². The molecular formula is C16H32N2O. The van der Waals surface area contributed by atoms with E-state index in [1.165, 1.54) is 32.1 Å². The van der Waals surface area contributed by atoms with Gasteiger partial charge >= 0.3 is 0 Å². The van der Waals surface area contributed by atoms with Crippen LogP contribution in [0.5, 0.6) is 0 Å². The van der Waals surface area contributed by atoms with E-state index in [0.29, 0.717) is 18.4 Å². The van der Waals surface area contributed by atoms with Crippen molar-refractivity contribution in [3.63, 3.8) is 0 Å². The van der Waals surface area contributed by atoms with Gasteiger partial charge in [-0.3, -0.25) is 4.79 Å². The van der Waals surface area contributed by atoms with Crippen LogP contribution in [0.4, 0.5) is 0 Å². The second-order valence-electron chi connectivity index (χ2n) is 6.42. The molecule has 0 heterocycles. The molecule has 1 rings (SSSR count). The lowest BCUT2D eigenvalue weighted by Crippen LogP contribution is -2.38. The van der Waals surface area contributed by atoms with Gasteiger partial charge in [-0.1, -0.05) is 33.1 Å². The summed E-state index contributed by atoms with van der Waals surface area (Å²) in [7, 11) is 1.93. The highest BCUT2D eigenvalue weighted by Crippen LogP contribution is 2.32. The van der Waals surface area contributed by atoms with E-state index in [4.69, 9.17) is 5.73 Å². The maximum absolute atomic E-state index is 12.4. The van der Waals surface area contributed by atoms with Gasteiger partial charge in [-0.15, -0.1) is 0 Å². The molecule has 3 heteroatoms. The number of nitrogens with zero attached hydrogens (tertiary/aromatic N) is 1. The minimum absolute atomic E-state index is 0.271. The van der Waals surface area contributed by atoms with Crippen LogP contribution in [0.15, 0.2) is 0 Å². The van der Waals surface area contributed by atoms with Gasteiger partial charge in [0.25, 0.3) is 0 Å². The highest BCUT2D eigenvalue weighted by atomic mass is 16.2. The summed E-state index contributed by atoms with van der Waals surface area (Å²) in [5.74, 6) is 1.88. The zero-order chi connectivity index (χ0) is 14.3. The third kappa shape index (κ3) is 5.52. The van der Waals surface area contributed by atoms with Gasteiger partial charge in [-0.25, -0.2) is 0 Å². The summed E-state index contributed by atoms with van der Waals surface area (Å²) in [6, 6.07) is 0. The van der Waals surface area contributed by atoms with E-state index in [1.54, 1.807) is 0 Å². The average molecular weight is 268 g/mol. The summed E-state index contributed by atoms with van der Waals surface area (Å²) in [6.45, 7) is 5.81. The van der Waals surface area contributed by atoms with Crippen LogP contribution in [0, 0.1) is 17.8 Å². The van der Waals surface area contributed by atoms with Crippen LogP contribution in [-0.2, 0) is 4.79 Å². The molecule has 1 atom stereocenters. The molecule has 0 aromatic heterocycles. The Balaban J connectivity index is 2.31. The smallest absolute Gasteiger partial charge is 0.225 e. The minimum Gasteiger partial charge on any atom is -0.345 e. The predicted octanol–water partition coefficient (Wildman–Crippen LogP) is 3.04. The first kappa shape index (κ1) is 16.5.